The smallest absolute Gasteiger partial charge is 0.354 e. The highest BCUT2D eigenvalue weighted by atomic mass is 16.4. The molecule has 76 valence electrons. The predicted octanol–water partition coefficient (Wildman–Crippen LogP) is -2.75. The average Bonchev–Trinajstić information content (AvgIpc) is 2.21. The van der Waals surface area contributed by atoms with Crippen LogP contribution >= 0.6 is 0 Å². The predicted molar refractivity (Wildman–Crippen MR) is 42.6 cm³/mol. The molecule has 14 heavy (non-hydrogen) atoms. The number of aromatic nitrogens is 1. The lowest BCUT2D eigenvalue weighted by atomic mass is 10.2. The second-order valence-corrected chi connectivity index (χ2v) is 2.02. The van der Waals surface area contributed by atoms with Crippen molar-refractivity contribution in [2.75, 3.05) is 0 Å². The molecular weight excluding hydrogens is 190 g/mol. The van der Waals surface area contributed by atoms with Gasteiger partial charge in [0.2, 0.25) is 0 Å². The fourth-order valence-corrected chi connectivity index (χ4v) is 0.641. The van der Waals surface area contributed by atoms with Crippen molar-refractivity contribution in [1.29, 1.82) is 0 Å². The van der Waals surface area contributed by atoms with E-state index in [0.717, 1.165) is 18.3 Å². The Morgan fingerprint density at radius 3 is 2.29 bits per heavy atom. The maximum absolute atomic E-state index is 10.3. The third-order valence-electron chi connectivity index (χ3n) is 1.22. The lowest BCUT2D eigenvalue weighted by Crippen LogP contribution is -2.59. The van der Waals surface area contributed by atoms with Gasteiger partial charge in [0, 0.05) is 11.8 Å². The summed E-state index contributed by atoms with van der Waals surface area (Å²) in [5.74, 6) is 4.43. The van der Waals surface area contributed by atoms with Gasteiger partial charge in [-0.15, -0.1) is 0 Å². The Morgan fingerprint density at radius 2 is 2.00 bits per heavy atom. The molecule has 0 aliphatic carbocycles. The molecule has 1 heterocycles. The third-order valence-corrected chi connectivity index (χ3v) is 1.22. The van der Waals surface area contributed by atoms with Crippen molar-refractivity contribution in [2.45, 2.75) is 0 Å². The normalized spacial score (nSPS) is 8.43. The van der Waals surface area contributed by atoms with E-state index in [1.54, 1.807) is 0 Å². The summed E-state index contributed by atoms with van der Waals surface area (Å²) in [6.07, 6.45) is 0.943. The maximum atomic E-state index is 10.3. The molecule has 7 heteroatoms. The lowest BCUT2D eigenvalue weighted by molar-refractivity contribution is -0.379. The molecule has 0 amide bonds. The second kappa shape index (κ2) is 5.62. The number of rotatable bonds is 2. The molecule has 0 atom stereocenters. The minimum atomic E-state index is -1.38. The highest BCUT2D eigenvalue weighted by molar-refractivity contribution is 5.88. The Bertz CT molecular complexity index is 289. The lowest BCUT2D eigenvalue weighted by Gasteiger charge is -2.00. The van der Waals surface area contributed by atoms with E-state index >= 15 is 0 Å². The van der Waals surface area contributed by atoms with Gasteiger partial charge in [-0.2, -0.15) is 5.84 Å². The highest BCUT2D eigenvalue weighted by Gasteiger charge is 2.02. The van der Waals surface area contributed by atoms with E-state index in [4.69, 9.17) is 5.11 Å². The van der Waals surface area contributed by atoms with Crippen LogP contribution in [-0.2, 0) is 0 Å². The number of aromatic carboxylic acids is 2. The van der Waals surface area contributed by atoms with Crippen LogP contribution in [0.15, 0.2) is 18.3 Å². The molecule has 7 nitrogen and oxygen atoms in total. The first-order chi connectivity index (χ1) is 6.61. The van der Waals surface area contributed by atoms with Crippen LogP contribution in [0.3, 0.4) is 0 Å². The average molecular weight is 199 g/mol. The van der Waals surface area contributed by atoms with E-state index < -0.39 is 11.9 Å². The number of carbonyl (C=O) groups excluding carboxylic acids is 1. The van der Waals surface area contributed by atoms with Crippen LogP contribution in [0.4, 0.5) is 0 Å². The number of hydrogen-bond acceptors (Lipinski definition) is 5. The van der Waals surface area contributed by atoms with Crippen LogP contribution in [0.1, 0.15) is 20.8 Å². The quantitative estimate of drug-likeness (QED) is 0.347. The zero-order valence-electron chi connectivity index (χ0n) is 7.14. The van der Waals surface area contributed by atoms with E-state index in [2.05, 4.69) is 16.7 Å². The Hall–Kier alpha value is -1.99. The molecule has 0 bridgehead atoms. The molecule has 0 saturated heterocycles. The first-order valence-corrected chi connectivity index (χ1v) is 3.43. The Morgan fingerprint density at radius 1 is 1.43 bits per heavy atom. The van der Waals surface area contributed by atoms with Crippen LogP contribution in [0, 0.1) is 0 Å². The van der Waals surface area contributed by atoms with Gasteiger partial charge in [0.1, 0.15) is 5.69 Å². The summed E-state index contributed by atoms with van der Waals surface area (Å²) in [6, 6.07) is 2.24. The fourth-order valence-electron chi connectivity index (χ4n) is 0.641. The molecule has 0 unspecified atom stereocenters. The molecule has 1 rings (SSSR count). The number of carbonyl (C=O) groups is 2. The fraction of sp³-hybridized carbons (Fsp3) is 0. The van der Waals surface area contributed by atoms with E-state index in [-0.39, 0.29) is 11.3 Å². The van der Waals surface area contributed by atoms with Crippen molar-refractivity contribution < 1.29 is 25.6 Å². The van der Waals surface area contributed by atoms with Crippen molar-refractivity contribution in [3.63, 3.8) is 0 Å². The van der Waals surface area contributed by atoms with Gasteiger partial charge in [0.25, 0.3) is 0 Å². The first-order valence-electron chi connectivity index (χ1n) is 3.43. The number of nitrogens with zero attached hydrogens (tertiary/aromatic N) is 1. The number of nitrogens with two attached hydrogens (primary N) is 1. The Kier molecular flexibility index (Phi) is 4.82. The van der Waals surface area contributed by atoms with Crippen molar-refractivity contribution in [3.05, 3.63) is 29.6 Å². The molecule has 1 aromatic heterocycles. The van der Waals surface area contributed by atoms with Crippen LogP contribution in [0.5, 0.6) is 0 Å². The molecule has 6 N–H and O–H groups in total. The van der Waals surface area contributed by atoms with E-state index in [0.29, 0.717) is 0 Å². The van der Waals surface area contributed by atoms with Crippen molar-refractivity contribution in [1.82, 2.24) is 4.98 Å². The van der Waals surface area contributed by atoms with E-state index in [1.165, 1.54) is 0 Å². The molecular formula is C7H9N3O4. The van der Waals surface area contributed by atoms with Crippen LogP contribution in [-0.4, -0.2) is 22.0 Å². The largest absolute Gasteiger partial charge is 0.545 e. The Balaban J connectivity index is 0.000000791. The number of hydrogen-bond donors (Lipinski definition) is 3. The summed E-state index contributed by atoms with van der Waals surface area (Å²) in [5, 5.41) is 18.6. The number of carboxylic acids is 2. The summed E-state index contributed by atoms with van der Waals surface area (Å²) in [4.78, 5) is 23.8. The molecule has 0 fully saturated rings. The van der Waals surface area contributed by atoms with Gasteiger partial charge in [-0.3, -0.25) is 5.84 Å². The highest BCUT2D eigenvalue weighted by Crippen LogP contribution is 1.98. The van der Waals surface area contributed by atoms with Gasteiger partial charge >= 0.3 is 5.97 Å². The van der Waals surface area contributed by atoms with Gasteiger partial charge in [-0.25, -0.2) is 9.78 Å². The zero-order valence-corrected chi connectivity index (χ0v) is 7.14. The van der Waals surface area contributed by atoms with Gasteiger partial charge in [-0.05, 0) is 12.1 Å². The number of carboxylic acid groups (broad SMARTS) is 2. The summed E-state index contributed by atoms with van der Waals surface area (Å²) >= 11 is 0. The summed E-state index contributed by atoms with van der Waals surface area (Å²) in [7, 11) is 0. The Labute approximate surface area is 78.9 Å². The standard InChI is InChI=1S/C7H5NO4.H4N2/c9-6(10)4-1-2-5(7(11)12)8-3-4;1-2/h1-3H,(H,9,10)(H,11,12);1-2H2. The monoisotopic (exact) mass is 199 g/mol. The molecule has 0 radical (unpaired) electrons. The third kappa shape index (κ3) is 3.17. The molecule has 0 aliphatic heterocycles. The van der Waals surface area contributed by atoms with Crippen LogP contribution in [0.25, 0.3) is 0 Å². The molecule has 0 aromatic carbocycles. The topological polar surface area (TPSA) is 144 Å². The number of quaternary nitrogens is 1. The minimum Gasteiger partial charge on any atom is -0.545 e. The zero-order chi connectivity index (χ0) is 11.1. The van der Waals surface area contributed by atoms with Crippen LogP contribution in [0.2, 0.25) is 0 Å². The first kappa shape index (κ1) is 12.0. The molecule has 0 spiro atoms. The van der Waals surface area contributed by atoms with Gasteiger partial charge < -0.3 is 15.0 Å². The van der Waals surface area contributed by atoms with Crippen molar-refractivity contribution in [3.8, 4) is 0 Å². The van der Waals surface area contributed by atoms with Gasteiger partial charge in [-0.1, -0.05) is 0 Å². The maximum Gasteiger partial charge on any atom is 0.354 e. The molecule has 1 aromatic rings. The van der Waals surface area contributed by atoms with E-state index in [1.807, 2.05) is 0 Å². The van der Waals surface area contributed by atoms with Crippen LogP contribution < -0.4 is 16.8 Å². The molecule has 0 saturated carbocycles. The van der Waals surface area contributed by atoms with E-state index in [9.17, 15) is 14.7 Å². The SMILES string of the molecule is N[NH3+].O=C([O-])c1ccc(C(=O)O)nc1. The summed E-state index contributed by atoms with van der Waals surface area (Å²) in [6.45, 7) is 0. The molecule has 0 aliphatic rings. The minimum absolute atomic E-state index is 0.139. The summed E-state index contributed by atoms with van der Waals surface area (Å²) in [5.41, 5.74) is -0.333. The number of pyridine rings is 1. The van der Waals surface area contributed by atoms with Crippen molar-refractivity contribution >= 4 is 11.9 Å². The van der Waals surface area contributed by atoms with Gasteiger partial charge in [0.05, 0.1) is 5.97 Å². The summed E-state index contributed by atoms with van der Waals surface area (Å²) < 4.78 is 0. The van der Waals surface area contributed by atoms with Gasteiger partial charge in [0.15, 0.2) is 0 Å². The van der Waals surface area contributed by atoms with Crippen molar-refractivity contribution in [2.24, 2.45) is 5.84 Å². The second-order valence-electron chi connectivity index (χ2n) is 2.02.